The van der Waals surface area contributed by atoms with Crippen LogP contribution < -0.4 is 9.44 Å². The molecule has 96 valence electrons. The van der Waals surface area contributed by atoms with Crippen LogP contribution in [0.2, 0.25) is 0 Å². The summed E-state index contributed by atoms with van der Waals surface area (Å²) in [5.74, 6) is -1.06. The molecular formula is C9H14N2O4S2. The highest BCUT2D eigenvalue weighted by Crippen LogP contribution is 2.27. The third-order valence-corrected chi connectivity index (χ3v) is 4.23. The molecule has 0 radical (unpaired) electrons. The fourth-order valence-electron chi connectivity index (χ4n) is 1.15. The van der Waals surface area contributed by atoms with Crippen molar-refractivity contribution in [1.29, 1.82) is 0 Å². The molecule has 0 aliphatic heterocycles. The molecule has 0 saturated heterocycles. The minimum Gasteiger partial charge on any atom is -0.477 e. The molecule has 1 heterocycles. The van der Waals surface area contributed by atoms with Crippen molar-refractivity contribution in [3.05, 3.63) is 16.5 Å². The molecule has 0 bridgehead atoms. The molecule has 6 nitrogen and oxygen atoms in total. The van der Waals surface area contributed by atoms with Gasteiger partial charge in [0.2, 0.25) is 0 Å². The molecule has 1 rings (SSSR count). The molecule has 0 amide bonds. The van der Waals surface area contributed by atoms with Crippen LogP contribution in [0.4, 0.5) is 5.00 Å². The van der Waals surface area contributed by atoms with E-state index in [1.54, 1.807) is 6.92 Å². The van der Waals surface area contributed by atoms with Crippen molar-refractivity contribution in [3.63, 3.8) is 0 Å². The number of thiophene rings is 1. The van der Waals surface area contributed by atoms with Gasteiger partial charge in [0, 0.05) is 6.54 Å². The number of rotatable bonds is 6. The van der Waals surface area contributed by atoms with Crippen LogP contribution in [-0.4, -0.2) is 26.0 Å². The van der Waals surface area contributed by atoms with E-state index in [1.165, 1.54) is 6.07 Å². The quantitative estimate of drug-likeness (QED) is 0.733. The second kappa shape index (κ2) is 5.48. The number of anilines is 1. The van der Waals surface area contributed by atoms with Crippen LogP contribution in [0.1, 0.15) is 28.6 Å². The fourth-order valence-corrected chi connectivity index (χ4v) is 3.28. The van der Waals surface area contributed by atoms with E-state index in [9.17, 15) is 13.2 Å². The summed E-state index contributed by atoms with van der Waals surface area (Å²) < 4.78 is 27.6. The van der Waals surface area contributed by atoms with E-state index in [0.29, 0.717) is 23.5 Å². The summed E-state index contributed by atoms with van der Waals surface area (Å²) in [5.41, 5.74) is 0.538. The van der Waals surface area contributed by atoms with Gasteiger partial charge in [-0.05, 0) is 25.0 Å². The third-order valence-electron chi connectivity index (χ3n) is 1.89. The van der Waals surface area contributed by atoms with Crippen molar-refractivity contribution in [2.24, 2.45) is 0 Å². The number of hydrogen-bond acceptors (Lipinski definition) is 4. The van der Waals surface area contributed by atoms with E-state index in [-0.39, 0.29) is 4.88 Å². The molecule has 0 aromatic carbocycles. The maximum Gasteiger partial charge on any atom is 0.346 e. The molecule has 17 heavy (non-hydrogen) atoms. The predicted molar refractivity (Wildman–Crippen MR) is 66.9 cm³/mol. The number of carboxylic acid groups (broad SMARTS) is 1. The Morgan fingerprint density at radius 2 is 2.18 bits per heavy atom. The van der Waals surface area contributed by atoms with Crippen molar-refractivity contribution in [1.82, 2.24) is 4.72 Å². The zero-order valence-corrected chi connectivity index (χ0v) is 11.1. The van der Waals surface area contributed by atoms with Crippen LogP contribution in [-0.2, 0) is 10.2 Å². The Balaban J connectivity index is 2.82. The average Bonchev–Trinajstić information content (AvgIpc) is 2.55. The van der Waals surface area contributed by atoms with Gasteiger partial charge in [-0.25, -0.2) is 4.79 Å². The second-order valence-electron chi connectivity index (χ2n) is 3.43. The van der Waals surface area contributed by atoms with Gasteiger partial charge in [-0.3, -0.25) is 4.72 Å². The largest absolute Gasteiger partial charge is 0.477 e. The van der Waals surface area contributed by atoms with Crippen LogP contribution in [0.15, 0.2) is 6.07 Å². The van der Waals surface area contributed by atoms with E-state index in [1.807, 2.05) is 6.92 Å². The Morgan fingerprint density at radius 3 is 2.65 bits per heavy atom. The van der Waals surface area contributed by atoms with Gasteiger partial charge < -0.3 is 5.11 Å². The topological polar surface area (TPSA) is 95.5 Å². The summed E-state index contributed by atoms with van der Waals surface area (Å²) in [6.45, 7) is 3.81. The van der Waals surface area contributed by atoms with Gasteiger partial charge in [0.05, 0.1) is 0 Å². The zero-order valence-electron chi connectivity index (χ0n) is 9.48. The van der Waals surface area contributed by atoms with Crippen molar-refractivity contribution >= 4 is 32.5 Å². The molecule has 8 heteroatoms. The Bertz CT molecular complexity index is 507. The van der Waals surface area contributed by atoms with Gasteiger partial charge >= 0.3 is 5.97 Å². The summed E-state index contributed by atoms with van der Waals surface area (Å²) in [5, 5.41) is 9.13. The van der Waals surface area contributed by atoms with Crippen LogP contribution in [0, 0.1) is 6.92 Å². The molecular weight excluding hydrogens is 264 g/mol. The smallest absolute Gasteiger partial charge is 0.346 e. The van der Waals surface area contributed by atoms with Crippen molar-refractivity contribution in [3.8, 4) is 0 Å². The minimum atomic E-state index is -3.61. The molecule has 0 spiro atoms. The number of carboxylic acids is 1. The minimum absolute atomic E-state index is 0.137. The lowest BCUT2D eigenvalue weighted by Crippen LogP contribution is -2.30. The molecule has 0 saturated carbocycles. The first kappa shape index (κ1) is 13.9. The summed E-state index contributed by atoms with van der Waals surface area (Å²) in [7, 11) is -3.61. The number of hydrogen-bond donors (Lipinski definition) is 3. The highest BCUT2D eigenvalue weighted by atomic mass is 32.2. The molecule has 0 aliphatic rings. The van der Waals surface area contributed by atoms with Crippen molar-refractivity contribution < 1.29 is 18.3 Å². The standard InChI is InChI=1S/C9H14N2O4S2/c1-3-4-10-17(14,15)11-7-5-6(2)8(16-7)9(12)13/h5,10-11H,3-4H2,1-2H3,(H,12,13). The maximum atomic E-state index is 11.5. The number of nitrogens with one attached hydrogen (secondary N) is 2. The van der Waals surface area contributed by atoms with Crippen LogP contribution in [0.25, 0.3) is 0 Å². The molecule has 0 aliphatic carbocycles. The summed E-state index contributed by atoms with van der Waals surface area (Å²) in [6, 6.07) is 1.50. The predicted octanol–water partition coefficient (Wildman–Crippen LogP) is 1.41. The molecule has 0 unspecified atom stereocenters. The van der Waals surface area contributed by atoms with Crippen LogP contribution >= 0.6 is 11.3 Å². The van der Waals surface area contributed by atoms with Gasteiger partial charge in [0.25, 0.3) is 10.2 Å². The van der Waals surface area contributed by atoms with Gasteiger partial charge in [0.15, 0.2) is 0 Å². The Labute approximate surface area is 104 Å². The molecule has 1 aromatic rings. The Kier molecular flexibility index (Phi) is 4.49. The average molecular weight is 278 g/mol. The lowest BCUT2D eigenvalue weighted by Gasteiger charge is -2.05. The van der Waals surface area contributed by atoms with Crippen molar-refractivity contribution in [2.75, 3.05) is 11.3 Å². The molecule has 1 aromatic heterocycles. The fraction of sp³-hybridized carbons (Fsp3) is 0.444. The maximum absolute atomic E-state index is 11.5. The number of aromatic carboxylic acids is 1. The highest BCUT2D eigenvalue weighted by Gasteiger charge is 2.15. The second-order valence-corrected chi connectivity index (χ2v) is 5.98. The Hall–Kier alpha value is -1.12. The van der Waals surface area contributed by atoms with E-state index in [4.69, 9.17) is 5.11 Å². The molecule has 0 fully saturated rings. The van der Waals surface area contributed by atoms with Gasteiger partial charge in [0.1, 0.15) is 9.88 Å². The highest BCUT2D eigenvalue weighted by molar-refractivity contribution is 7.91. The molecule has 3 N–H and O–H groups in total. The lowest BCUT2D eigenvalue weighted by molar-refractivity contribution is 0.0701. The van der Waals surface area contributed by atoms with Gasteiger partial charge in [-0.2, -0.15) is 13.1 Å². The van der Waals surface area contributed by atoms with E-state index < -0.39 is 16.2 Å². The first-order valence-corrected chi connectivity index (χ1v) is 7.27. The van der Waals surface area contributed by atoms with Gasteiger partial charge in [-0.1, -0.05) is 6.92 Å². The molecule has 0 atom stereocenters. The SMILES string of the molecule is CCCNS(=O)(=O)Nc1cc(C)c(C(=O)O)s1. The van der Waals surface area contributed by atoms with E-state index in [2.05, 4.69) is 9.44 Å². The van der Waals surface area contributed by atoms with E-state index in [0.717, 1.165) is 11.3 Å². The Morgan fingerprint density at radius 1 is 1.53 bits per heavy atom. The van der Waals surface area contributed by atoms with Crippen LogP contribution in [0.3, 0.4) is 0 Å². The zero-order chi connectivity index (χ0) is 13.1. The van der Waals surface area contributed by atoms with Crippen molar-refractivity contribution in [2.45, 2.75) is 20.3 Å². The van der Waals surface area contributed by atoms with Crippen LogP contribution in [0.5, 0.6) is 0 Å². The van der Waals surface area contributed by atoms with Gasteiger partial charge in [-0.15, -0.1) is 11.3 Å². The monoisotopic (exact) mass is 278 g/mol. The number of aryl methyl sites for hydroxylation is 1. The lowest BCUT2D eigenvalue weighted by atomic mass is 10.3. The first-order valence-electron chi connectivity index (χ1n) is 4.97. The summed E-state index contributed by atoms with van der Waals surface area (Å²) in [4.78, 5) is 10.9. The normalized spacial score (nSPS) is 11.4. The summed E-state index contributed by atoms with van der Waals surface area (Å²) >= 11 is 0.898. The summed E-state index contributed by atoms with van der Waals surface area (Å²) in [6.07, 6.45) is 0.685. The van der Waals surface area contributed by atoms with E-state index >= 15 is 0 Å². The number of carbonyl (C=O) groups is 1. The first-order chi connectivity index (χ1) is 7.85. The third kappa shape index (κ3) is 3.99.